The number of thiophene rings is 6. The Morgan fingerprint density at radius 2 is 0.805 bits per heavy atom. The number of amides is 5. The van der Waals surface area contributed by atoms with Gasteiger partial charge in [-0.25, -0.2) is 9.59 Å². The van der Waals surface area contributed by atoms with Crippen molar-refractivity contribution in [2.24, 2.45) is 5.73 Å². The van der Waals surface area contributed by atoms with E-state index in [1.165, 1.54) is 67.7 Å². The van der Waals surface area contributed by atoms with Crippen LogP contribution in [0.5, 0.6) is 0 Å². The Balaban J connectivity index is 0.000000262. The van der Waals surface area contributed by atoms with E-state index >= 15 is 0 Å². The molecule has 123 heavy (non-hydrogen) atoms. The molecule has 0 spiro atoms. The fourth-order valence-corrected chi connectivity index (χ4v) is 16.7. The molecule has 4 aliphatic heterocycles. The maximum atomic E-state index is 12.2. The second-order valence-electron chi connectivity index (χ2n) is 25.9. The molecule has 0 bridgehead atoms. The maximum Gasteiger partial charge on any atom is 0.414 e. The highest BCUT2D eigenvalue weighted by molar-refractivity contribution is 9.09. The van der Waals surface area contributed by atoms with Gasteiger partial charge in [-0.15, -0.1) is 80.4 Å². The van der Waals surface area contributed by atoms with E-state index in [1.807, 2.05) is 36.4 Å². The quantitative estimate of drug-likeness (QED) is 0.00942. The van der Waals surface area contributed by atoms with Crippen molar-refractivity contribution in [2.75, 3.05) is 123 Å². The summed E-state index contributed by atoms with van der Waals surface area (Å²) >= 11 is 49.5. The molecule has 4 fully saturated rings. The van der Waals surface area contributed by atoms with Crippen molar-refractivity contribution >= 4 is 264 Å². The summed E-state index contributed by atoms with van der Waals surface area (Å²) in [5, 5.41) is 64.4. The van der Waals surface area contributed by atoms with Crippen LogP contribution in [0.3, 0.4) is 0 Å². The third kappa shape index (κ3) is 38.8. The van der Waals surface area contributed by atoms with Crippen LogP contribution in [0.25, 0.3) is 0 Å². The molecule has 3 aromatic carbocycles. The largest absolute Gasteiger partial charge is 0.477 e. The molecule has 0 unspecified atom stereocenters. The van der Waals surface area contributed by atoms with Gasteiger partial charge in [-0.2, -0.15) is 0 Å². The van der Waals surface area contributed by atoms with Gasteiger partial charge in [0.2, 0.25) is 0 Å². The molecule has 0 radical (unpaired) electrons. The average Bonchev–Trinajstić information content (AvgIpc) is 1.72. The number of nitrogen functional groups attached to an aromatic ring is 1. The number of alkyl halides is 1. The number of rotatable bonds is 28. The Morgan fingerprint density at radius 1 is 0.463 bits per heavy atom. The highest BCUT2D eigenvalue weighted by Gasteiger charge is 2.33. The number of nitrogens with one attached hydrogen (secondary N) is 1. The minimum absolute atomic E-state index is 0. The van der Waals surface area contributed by atoms with Crippen LogP contribution in [0.2, 0.25) is 26.0 Å². The van der Waals surface area contributed by atoms with Gasteiger partial charge in [0.05, 0.1) is 121 Å². The van der Waals surface area contributed by atoms with Crippen molar-refractivity contribution in [1.82, 2.24) is 5.32 Å². The number of anilines is 5. The number of carboxylic acid groups (broad SMARTS) is 1. The average molecular weight is 2040 g/mol. The van der Waals surface area contributed by atoms with Crippen LogP contribution in [-0.4, -0.2) is 222 Å². The van der Waals surface area contributed by atoms with Crippen molar-refractivity contribution in [3.05, 3.63) is 206 Å². The number of aliphatic hydroxyl groups excluding tert-OH is 6. The lowest BCUT2D eigenvalue weighted by atomic mass is 10.0. The predicted octanol–water partition coefficient (Wildman–Crippen LogP) is 15.3. The number of halogens is 9. The molecule has 0 saturated carbocycles. The second kappa shape index (κ2) is 57.2. The van der Waals surface area contributed by atoms with Crippen LogP contribution in [0, 0.1) is 0 Å². The van der Waals surface area contributed by atoms with Crippen LogP contribution in [0.15, 0.2) is 146 Å². The van der Waals surface area contributed by atoms with Crippen molar-refractivity contribution in [3.8, 4) is 0 Å². The molecule has 668 valence electrons. The summed E-state index contributed by atoms with van der Waals surface area (Å²) in [4.78, 5) is 125. The Labute approximate surface area is 782 Å². The molecule has 6 aromatic heterocycles. The number of nitrogens with zero attached hydrogens (tertiary/aromatic N) is 4. The van der Waals surface area contributed by atoms with Crippen LogP contribution in [0.4, 0.5) is 33.2 Å². The number of Topliss-reactive ketones (excluding diaryl/α,β-unsaturated/α-hetero) is 3. The standard InChI is InChI=1S/C20H22ClNO4S.C19H18ClN3O5S.C10H12N2O2.C9H10BrClO2S.C9H11ClO3S.C5H2Cl2OS.C5H3ClO2S.C3H9NO2.ClH/c21-19-10-9-18(27-19)17(24)8-7-16(23)6-3-14-1-4-15(5-2-14)22-11-12-26-13-20(22)25;20-16-6-5-15(29-16)18(25)21-9-14-10-23(19(26)28-14)13-3-1-12(2-4-13)22-7-8-27-11-17(22)24;11-8-1-3-9(4-2-8)12-5-6-14-7-10(12)13;10-5-6(12)1-2-7(13)8-3-4-9(11)14-8;10-9-4-3-8(14-9)7(13)2-1-6(12)5-11;2*6-4-2-1-3(9-4)5(7)8;4-1-3(6)2-5;/h1-2,4-5,9-10,16,23H,3,6-8,11-13H2;1-6,14H,7-11H2,(H,21,25);1-4H,5-7,11H2;3-4,6,12H,1-2,5H2;3-4,6,11-12H,1-2,5H2;1-2H;1-2H,(H,7,8);3,5-6H,1-2,4H2;1H/t16-;14-;;2*6-;;;3-;/m10.00..0./s1. The van der Waals surface area contributed by atoms with Gasteiger partial charge in [-0.1, -0.05) is 97.7 Å². The predicted molar refractivity (Wildman–Crippen MR) is 494 cm³/mol. The number of carbonyl (C=O) groups excluding carboxylic acids is 9. The number of cyclic esters (lactones) is 1. The molecule has 28 nitrogen and oxygen atoms in total. The van der Waals surface area contributed by atoms with E-state index in [-0.39, 0.29) is 117 Å². The number of carboxylic acids is 1. The lowest BCUT2D eigenvalue weighted by molar-refractivity contribution is -0.126. The Kier molecular flexibility index (Phi) is 49.7. The van der Waals surface area contributed by atoms with E-state index < -0.39 is 47.8 Å². The third-order valence-electron chi connectivity index (χ3n) is 16.9. The van der Waals surface area contributed by atoms with E-state index in [0.29, 0.717) is 145 Å². The number of ketones is 3. The van der Waals surface area contributed by atoms with Gasteiger partial charge in [0.15, 0.2) is 17.3 Å². The van der Waals surface area contributed by atoms with Gasteiger partial charge in [0.25, 0.3) is 28.9 Å². The fraction of sp³-hybridized carbons (Fsp3) is 0.350. The number of aromatic carboxylic acids is 1. The summed E-state index contributed by atoms with van der Waals surface area (Å²) in [7, 11) is 0. The maximum absolute atomic E-state index is 12.2. The van der Waals surface area contributed by atoms with Gasteiger partial charge < -0.3 is 86.2 Å². The number of benzene rings is 3. The first-order valence-electron chi connectivity index (χ1n) is 37.0. The molecule has 4 aliphatic rings. The zero-order chi connectivity index (χ0) is 89.4. The van der Waals surface area contributed by atoms with Crippen molar-refractivity contribution in [2.45, 2.75) is 81.9 Å². The zero-order valence-electron chi connectivity index (χ0n) is 65.2. The molecule has 0 aliphatic carbocycles. The summed E-state index contributed by atoms with van der Waals surface area (Å²) < 4.78 is 24.1. The van der Waals surface area contributed by atoms with Gasteiger partial charge in [-0.05, 0) is 183 Å². The van der Waals surface area contributed by atoms with Crippen LogP contribution in [-0.2, 0) is 39.8 Å². The highest BCUT2D eigenvalue weighted by Crippen LogP contribution is 2.31. The van der Waals surface area contributed by atoms with Crippen molar-refractivity contribution < 1.29 is 103 Å². The molecule has 10 heterocycles. The molecule has 9 aromatic rings. The van der Waals surface area contributed by atoms with Gasteiger partial charge in [0.1, 0.15) is 30.8 Å². The second-order valence-corrected chi connectivity index (χ2v) is 37.2. The molecular weight excluding hydrogens is 1950 g/mol. The number of nitrogens with two attached hydrogens (primary N) is 2. The molecule has 4 saturated heterocycles. The van der Waals surface area contributed by atoms with Gasteiger partial charge >= 0.3 is 12.1 Å². The molecule has 5 atom stereocenters. The Hall–Kier alpha value is -6.64. The van der Waals surface area contributed by atoms with Crippen LogP contribution >= 0.6 is 178 Å². The molecule has 43 heteroatoms. The number of hydrogen-bond donors (Lipinski definition) is 10. The summed E-state index contributed by atoms with van der Waals surface area (Å²) in [6.07, 6.45) is -0.0110. The Bertz CT molecular complexity index is 4700. The molecule has 5 amide bonds. The highest BCUT2D eigenvalue weighted by atomic mass is 79.9. The number of morpholine rings is 3. The number of aryl methyl sites for hydroxylation is 1. The number of carbonyl (C=O) groups is 10. The Morgan fingerprint density at radius 3 is 1.12 bits per heavy atom. The van der Waals surface area contributed by atoms with Crippen molar-refractivity contribution in [1.29, 1.82) is 0 Å². The van der Waals surface area contributed by atoms with E-state index in [9.17, 15) is 58.2 Å². The van der Waals surface area contributed by atoms with E-state index in [0.717, 1.165) is 40.4 Å². The summed E-state index contributed by atoms with van der Waals surface area (Å²) in [6, 6.07) is 42.0. The molecular formula is C80H88BrCl8N7O21S6. The molecule has 12 N–H and O–H groups in total. The number of aliphatic hydroxyl groups is 6. The third-order valence-corrected chi connectivity index (χ3v) is 25.5. The lowest BCUT2D eigenvalue weighted by Crippen LogP contribution is -2.41. The van der Waals surface area contributed by atoms with E-state index in [2.05, 4.69) is 21.2 Å². The number of ether oxygens (including phenoxy) is 4. The van der Waals surface area contributed by atoms with Crippen LogP contribution in [0.1, 0.15) is 109 Å². The SMILES string of the molecule is Cl.NC[C@H](O)CO.Nc1ccc(N2CCOCC2=O)cc1.O=C(CC[C@H](O)CBr)c1ccc(Cl)s1.O=C(CC[C@H](O)CCc1ccc(N2CCOCC2=O)cc1)c1ccc(Cl)s1.O=C(CC[C@H](O)CO)c1ccc(Cl)s1.O=C(Cl)c1ccc(Cl)s1.O=C(NC[C@H]1CN(c2ccc(N3CCOCC3=O)cc2)C(=O)O1)c1ccc(Cl)s1.O=C(O)c1ccc(Cl)s1. The minimum Gasteiger partial charge on any atom is -0.477 e. The van der Waals surface area contributed by atoms with E-state index in [4.69, 9.17) is 137 Å². The molecule has 13 rings (SSSR count). The smallest absolute Gasteiger partial charge is 0.414 e. The van der Waals surface area contributed by atoms with Gasteiger partial charge in [0, 0.05) is 79.2 Å². The van der Waals surface area contributed by atoms with E-state index in [1.54, 1.807) is 118 Å². The van der Waals surface area contributed by atoms with Crippen molar-refractivity contribution in [3.63, 3.8) is 0 Å². The number of hydrogen-bond acceptors (Lipinski definition) is 28. The van der Waals surface area contributed by atoms with Gasteiger partial charge in [-0.3, -0.25) is 43.3 Å². The summed E-state index contributed by atoms with van der Waals surface area (Å²) in [5.74, 6) is -1.28. The summed E-state index contributed by atoms with van der Waals surface area (Å²) in [5.41, 5.74) is 15.4. The first kappa shape index (κ1) is 107. The first-order valence-corrected chi connectivity index (χ1v) is 45.6. The first-order chi connectivity index (χ1) is 58.3. The lowest BCUT2D eigenvalue weighted by Gasteiger charge is -2.27. The zero-order valence-corrected chi connectivity index (χ0v) is 77.8. The normalized spacial score (nSPS) is 15.0. The fourth-order valence-electron chi connectivity index (χ4n) is 10.5. The van der Waals surface area contributed by atoms with Crippen LogP contribution < -0.4 is 36.4 Å². The summed E-state index contributed by atoms with van der Waals surface area (Å²) in [6.45, 7) is 3.82. The monoisotopic (exact) mass is 2030 g/mol. The minimum atomic E-state index is -0.924. The topological polar surface area (TPSA) is 426 Å².